The molecule has 5 heterocycles. The van der Waals surface area contributed by atoms with E-state index in [0.29, 0.717) is 16.9 Å². The lowest BCUT2D eigenvalue weighted by Crippen LogP contribution is -2.24. The van der Waals surface area contributed by atoms with E-state index in [2.05, 4.69) is 30.5 Å². The molecule has 198 valence electrons. The van der Waals surface area contributed by atoms with Crippen molar-refractivity contribution >= 4 is 33.5 Å². The molecule has 6 aromatic rings. The monoisotopic (exact) mass is 531 g/mol. The molecular formula is C31H26FN7O. The summed E-state index contributed by atoms with van der Waals surface area (Å²) >= 11 is 0. The fraction of sp³-hybridized carbons (Fsp3) is 0.194. The number of amides is 1. The number of hydrogen-bond acceptors (Lipinski definition) is 5. The summed E-state index contributed by atoms with van der Waals surface area (Å²) in [5.41, 5.74) is 7.62. The second-order valence-corrected chi connectivity index (χ2v) is 10.3. The van der Waals surface area contributed by atoms with Gasteiger partial charge >= 0.3 is 0 Å². The van der Waals surface area contributed by atoms with E-state index in [0.717, 1.165) is 70.3 Å². The minimum atomic E-state index is -0.289. The molecule has 0 aliphatic heterocycles. The van der Waals surface area contributed by atoms with Gasteiger partial charge in [-0.2, -0.15) is 5.10 Å². The zero-order valence-corrected chi connectivity index (χ0v) is 21.6. The summed E-state index contributed by atoms with van der Waals surface area (Å²) in [6.07, 6.45) is 10.4. The van der Waals surface area contributed by atoms with Crippen LogP contribution >= 0.6 is 0 Å². The Morgan fingerprint density at radius 2 is 1.75 bits per heavy atom. The molecule has 1 aliphatic rings. The van der Waals surface area contributed by atoms with Gasteiger partial charge in [-0.15, -0.1) is 0 Å². The first kappa shape index (κ1) is 24.1. The number of aromatic amines is 2. The molecular weight excluding hydrogens is 505 g/mol. The quantitative estimate of drug-likeness (QED) is 0.224. The van der Waals surface area contributed by atoms with Crippen molar-refractivity contribution < 1.29 is 9.18 Å². The van der Waals surface area contributed by atoms with Crippen molar-refractivity contribution in [3.05, 3.63) is 79.0 Å². The molecule has 9 heteroatoms. The van der Waals surface area contributed by atoms with Crippen LogP contribution < -0.4 is 5.32 Å². The Hall–Kier alpha value is -4.92. The number of rotatable bonds is 5. The van der Waals surface area contributed by atoms with E-state index in [1.54, 1.807) is 30.7 Å². The Kier molecular flexibility index (Phi) is 6.03. The molecule has 3 N–H and O–H groups in total. The Bertz CT molecular complexity index is 1850. The maximum atomic E-state index is 13.5. The first-order chi connectivity index (χ1) is 19.6. The molecule has 1 fully saturated rings. The van der Waals surface area contributed by atoms with Gasteiger partial charge in [0.25, 0.3) is 0 Å². The first-order valence-electron chi connectivity index (χ1n) is 13.5. The number of carbonyl (C=O) groups excluding carboxylic acids is 1. The highest BCUT2D eigenvalue weighted by Gasteiger charge is 2.21. The second-order valence-electron chi connectivity index (χ2n) is 10.3. The van der Waals surface area contributed by atoms with Gasteiger partial charge in [0.1, 0.15) is 17.0 Å². The lowest BCUT2D eigenvalue weighted by atomic mass is 9.88. The van der Waals surface area contributed by atoms with Crippen molar-refractivity contribution in [2.45, 2.75) is 32.1 Å². The summed E-state index contributed by atoms with van der Waals surface area (Å²) in [4.78, 5) is 30.1. The van der Waals surface area contributed by atoms with Crippen molar-refractivity contribution in [2.75, 3.05) is 5.32 Å². The standard InChI is InChI=1S/C31H26FN7O/c32-21-8-6-18(7-9-21)28-23-15-27(36-25(23)12-13-34-28)30-29-26(38-39-30)11-10-24(37-29)20-14-22(17-33-16-20)35-31(40)19-4-2-1-3-5-19/h6-17,19,36H,1-5H2,(H,35,40)(H,38,39). The SMILES string of the molecule is O=C(Nc1cncc(-c2ccc3[nH]nc(-c4cc5c(-c6ccc(F)cc6)nccc5[nH]4)c3n2)c1)C1CCCCC1. The van der Waals surface area contributed by atoms with E-state index < -0.39 is 0 Å². The van der Waals surface area contributed by atoms with Gasteiger partial charge in [0.2, 0.25) is 5.91 Å². The number of aromatic nitrogens is 6. The molecule has 0 unspecified atom stereocenters. The van der Waals surface area contributed by atoms with Crippen LogP contribution in [0.3, 0.4) is 0 Å². The predicted molar refractivity (Wildman–Crippen MR) is 153 cm³/mol. The molecule has 1 aliphatic carbocycles. The van der Waals surface area contributed by atoms with Crippen LogP contribution in [0.15, 0.2) is 73.2 Å². The summed E-state index contributed by atoms with van der Waals surface area (Å²) < 4.78 is 13.5. The largest absolute Gasteiger partial charge is 0.353 e. The minimum absolute atomic E-state index is 0.0625. The van der Waals surface area contributed by atoms with Crippen molar-refractivity contribution in [3.8, 4) is 33.9 Å². The number of carbonyl (C=O) groups is 1. The minimum Gasteiger partial charge on any atom is -0.353 e. The molecule has 5 aromatic heterocycles. The van der Waals surface area contributed by atoms with Gasteiger partial charge in [-0.1, -0.05) is 19.3 Å². The summed E-state index contributed by atoms with van der Waals surface area (Å²) in [7, 11) is 0. The Balaban J connectivity index is 1.22. The van der Waals surface area contributed by atoms with Crippen LogP contribution in [0.2, 0.25) is 0 Å². The molecule has 8 nitrogen and oxygen atoms in total. The number of nitrogens with one attached hydrogen (secondary N) is 3. The maximum Gasteiger partial charge on any atom is 0.227 e. The van der Waals surface area contributed by atoms with Crippen molar-refractivity contribution in [1.82, 2.24) is 30.1 Å². The fourth-order valence-electron chi connectivity index (χ4n) is 5.52. The summed E-state index contributed by atoms with van der Waals surface area (Å²) in [5.74, 6) is -0.161. The molecule has 0 spiro atoms. The van der Waals surface area contributed by atoms with Crippen molar-refractivity contribution in [3.63, 3.8) is 0 Å². The third-order valence-corrected chi connectivity index (χ3v) is 7.61. The van der Waals surface area contributed by atoms with Gasteiger partial charge in [0.05, 0.1) is 34.5 Å². The van der Waals surface area contributed by atoms with Crippen LogP contribution in [0, 0.1) is 11.7 Å². The zero-order valence-electron chi connectivity index (χ0n) is 21.6. The van der Waals surface area contributed by atoms with Gasteiger partial charge in [-0.05, 0) is 67.4 Å². The summed E-state index contributed by atoms with van der Waals surface area (Å²) in [6.45, 7) is 0. The lowest BCUT2D eigenvalue weighted by molar-refractivity contribution is -0.120. The number of hydrogen-bond donors (Lipinski definition) is 3. The summed E-state index contributed by atoms with van der Waals surface area (Å²) in [6, 6.07) is 16.0. The zero-order chi connectivity index (χ0) is 27.1. The van der Waals surface area contributed by atoms with E-state index in [1.165, 1.54) is 18.6 Å². The molecule has 0 bridgehead atoms. The Morgan fingerprint density at radius 1 is 0.900 bits per heavy atom. The predicted octanol–water partition coefficient (Wildman–Crippen LogP) is 6.89. The molecule has 0 atom stereocenters. The molecule has 0 saturated heterocycles. The van der Waals surface area contributed by atoms with Crippen LogP contribution in [-0.4, -0.2) is 36.0 Å². The first-order valence-corrected chi connectivity index (χ1v) is 13.5. The van der Waals surface area contributed by atoms with Crippen LogP contribution in [0.25, 0.3) is 55.8 Å². The molecule has 40 heavy (non-hydrogen) atoms. The van der Waals surface area contributed by atoms with E-state index in [4.69, 9.17) is 4.98 Å². The highest BCUT2D eigenvalue weighted by molar-refractivity contribution is 5.99. The molecule has 0 radical (unpaired) electrons. The van der Waals surface area contributed by atoms with Crippen molar-refractivity contribution in [2.24, 2.45) is 5.92 Å². The third-order valence-electron chi connectivity index (χ3n) is 7.61. The number of benzene rings is 1. The van der Waals surface area contributed by atoms with Crippen LogP contribution in [0.4, 0.5) is 10.1 Å². The highest BCUT2D eigenvalue weighted by Crippen LogP contribution is 2.33. The average molecular weight is 532 g/mol. The Labute approximate surface area is 229 Å². The van der Waals surface area contributed by atoms with Gasteiger partial charge in [0.15, 0.2) is 0 Å². The smallest absolute Gasteiger partial charge is 0.227 e. The number of halogens is 1. The Morgan fingerprint density at radius 3 is 2.60 bits per heavy atom. The van der Waals surface area contributed by atoms with Gasteiger partial charge < -0.3 is 10.3 Å². The van der Waals surface area contributed by atoms with E-state index >= 15 is 0 Å². The average Bonchev–Trinajstić information content (AvgIpc) is 3.62. The van der Waals surface area contributed by atoms with E-state index in [9.17, 15) is 9.18 Å². The van der Waals surface area contributed by atoms with Gasteiger partial charge in [0, 0.05) is 40.3 Å². The number of nitrogens with zero attached hydrogens (tertiary/aromatic N) is 4. The number of anilines is 1. The van der Waals surface area contributed by atoms with Gasteiger partial charge in [-0.3, -0.25) is 19.9 Å². The highest BCUT2D eigenvalue weighted by atomic mass is 19.1. The molecule has 7 rings (SSSR count). The van der Waals surface area contributed by atoms with E-state index in [-0.39, 0.29) is 17.6 Å². The maximum absolute atomic E-state index is 13.5. The van der Waals surface area contributed by atoms with Crippen LogP contribution in [-0.2, 0) is 4.79 Å². The topological polar surface area (TPSA) is 112 Å². The molecule has 1 amide bonds. The third kappa shape index (κ3) is 4.49. The summed E-state index contributed by atoms with van der Waals surface area (Å²) in [5, 5.41) is 11.6. The number of H-pyrrole nitrogens is 2. The van der Waals surface area contributed by atoms with Crippen LogP contribution in [0.5, 0.6) is 0 Å². The van der Waals surface area contributed by atoms with E-state index in [1.807, 2.05) is 30.3 Å². The second kappa shape index (κ2) is 10.00. The molecule has 1 aromatic carbocycles. The number of pyridine rings is 3. The fourth-order valence-corrected chi connectivity index (χ4v) is 5.52. The van der Waals surface area contributed by atoms with Crippen molar-refractivity contribution in [1.29, 1.82) is 0 Å². The van der Waals surface area contributed by atoms with Crippen LogP contribution in [0.1, 0.15) is 32.1 Å². The molecule has 1 saturated carbocycles. The normalized spacial score (nSPS) is 14.1. The lowest BCUT2D eigenvalue weighted by Gasteiger charge is -2.20. The van der Waals surface area contributed by atoms with Gasteiger partial charge in [-0.25, -0.2) is 9.37 Å². The number of fused-ring (bicyclic) bond motifs is 2.